The molecule has 10 heteroatoms. The quantitative estimate of drug-likeness (QED) is 0.362. The number of halogens is 1. The minimum absolute atomic E-state index is 0.135. The number of benzene rings is 1. The van der Waals surface area contributed by atoms with Crippen molar-refractivity contribution < 1.29 is 14.3 Å². The first kappa shape index (κ1) is 25.4. The molecule has 2 aromatic rings. The number of nitrogens with two attached hydrogens (primary N) is 1. The van der Waals surface area contributed by atoms with E-state index < -0.39 is 0 Å². The Labute approximate surface area is 228 Å². The smallest absolute Gasteiger partial charge is 0.229 e. The van der Waals surface area contributed by atoms with Gasteiger partial charge < -0.3 is 25.8 Å². The summed E-state index contributed by atoms with van der Waals surface area (Å²) in [5, 5.41) is 7.15. The highest BCUT2D eigenvalue weighted by atomic mass is 35.5. The average molecular weight is 539 g/mol. The van der Waals surface area contributed by atoms with E-state index in [1.165, 1.54) is 11.1 Å². The van der Waals surface area contributed by atoms with Gasteiger partial charge in [0, 0.05) is 25.2 Å². The Balaban J connectivity index is 1.21. The number of rotatable bonds is 7. The molecule has 2 bridgehead atoms. The number of ether oxygens (including phenoxy) is 2. The number of anilines is 3. The molecule has 0 unspecified atom stereocenters. The van der Waals surface area contributed by atoms with Crippen LogP contribution in [0.2, 0.25) is 5.02 Å². The highest BCUT2D eigenvalue weighted by Gasteiger charge is 2.47. The average Bonchev–Trinajstić information content (AvgIpc) is 3.46. The lowest BCUT2D eigenvalue weighted by atomic mass is 9.88. The Morgan fingerprint density at radius 3 is 2.76 bits per heavy atom. The standard InChI is InChI=1S/C28H35ClN6O3/c1-37-25-20-8-7-19(35-10-12-38-13-11-35)6-4-16(20)5-9-22(25)32-28-31-15-21(29)27(34-28)33-24-18-3-2-17(14-18)23(24)26(30)36/h2-3,5,9,15,17-19,23-24H,4,6-8,10-14H2,1H3,(H2,30,36)(H2,31,32,33,34)/t17-,18+,19+,23+,24+/m0/s1. The maximum Gasteiger partial charge on any atom is 0.229 e. The van der Waals surface area contributed by atoms with E-state index in [4.69, 9.17) is 26.8 Å². The molecule has 202 valence electrons. The van der Waals surface area contributed by atoms with Crippen LogP contribution in [-0.4, -0.2) is 66.3 Å². The van der Waals surface area contributed by atoms with Crippen molar-refractivity contribution in [3.8, 4) is 5.75 Å². The van der Waals surface area contributed by atoms with Crippen LogP contribution >= 0.6 is 11.6 Å². The first-order valence-corrected chi connectivity index (χ1v) is 13.9. The van der Waals surface area contributed by atoms with Crippen LogP contribution in [0.15, 0.2) is 30.5 Å². The number of hydrogen-bond donors (Lipinski definition) is 3. The van der Waals surface area contributed by atoms with E-state index >= 15 is 0 Å². The topological polar surface area (TPSA) is 115 Å². The molecular formula is C28H35ClN6O3. The van der Waals surface area contributed by atoms with Crippen LogP contribution in [0, 0.1) is 17.8 Å². The van der Waals surface area contributed by atoms with Crippen molar-refractivity contribution in [2.24, 2.45) is 23.5 Å². The summed E-state index contributed by atoms with van der Waals surface area (Å²) in [7, 11) is 1.72. The molecule has 1 aromatic carbocycles. The SMILES string of the molecule is COc1c(Nc2ncc(Cl)c(N[C@H]3[C@H](C(N)=O)[C@H]4C=C[C@@H]3C4)n2)ccc2c1CC[C@H](N1CCOCC1)CC2. The first-order chi connectivity index (χ1) is 18.5. The van der Waals surface area contributed by atoms with Gasteiger partial charge in [-0.25, -0.2) is 4.98 Å². The van der Waals surface area contributed by atoms with Crippen molar-refractivity contribution in [1.82, 2.24) is 14.9 Å². The number of morpholine rings is 1. The maximum absolute atomic E-state index is 12.2. The number of amides is 1. The van der Waals surface area contributed by atoms with Gasteiger partial charge in [-0.1, -0.05) is 29.8 Å². The summed E-state index contributed by atoms with van der Waals surface area (Å²) in [6, 6.07) is 4.66. The van der Waals surface area contributed by atoms with Crippen LogP contribution in [-0.2, 0) is 22.4 Å². The van der Waals surface area contributed by atoms with Crippen molar-refractivity contribution in [1.29, 1.82) is 0 Å². The molecule has 0 spiro atoms. The predicted octanol–water partition coefficient (Wildman–Crippen LogP) is 3.55. The lowest BCUT2D eigenvalue weighted by Crippen LogP contribution is -2.43. The summed E-state index contributed by atoms with van der Waals surface area (Å²) >= 11 is 6.47. The fraction of sp³-hybridized carbons (Fsp3) is 0.536. The second-order valence-electron chi connectivity index (χ2n) is 10.7. The molecule has 1 saturated carbocycles. The Hall–Kier alpha value is -2.88. The summed E-state index contributed by atoms with van der Waals surface area (Å²) in [5.41, 5.74) is 9.14. The zero-order chi connectivity index (χ0) is 26.2. The summed E-state index contributed by atoms with van der Waals surface area (Å²) in [6.07, 6.45) is 11.0. The molecule has 4 aliphatic rings. The van der Waals surface area contributed by atoms with Gasteiger partial charge in [-0.3, -0.25) is 9.69 Å². The molecule has 1 saturated heterocycles. The van der Waals surface area contributed by atoms with Gasteiger partial charge in [0.15, 0.2) is 5.82 Å². The molecule has 5 atom stereocenters. The monoisotopic (exact) mass is 538 g/mol. The molecule has 2 fully saturated rings. The number of aromatic nitrogens is 2. The molecule has 9 nitrogen and oxygen atoms in total. The van der Waals surface area contributed by atoms with Crippen molar-refractivity contribution in [3.05, 3.63) is 46.6 Å². The number of methoxy groups -OCH3 is 1. The third-order valence-corrected chi connectivity index (χ3v) is 8.96. The van der Waals surface area contributed by atoms with Gasteiger partial charge in [0.05, 0.1) is 38.1 Å². The molecule has 38 heavy (non-hydrogen) atoms. The largest absolute Gasteiger partial charge is 0.494 e. The van der Waals surface area contributed by atoms with Crippen molar-refractivity contribution in [2.45, 2.75) is 44.2 Å². The third kappa shape index (κ3) is 4.83. The molecule has 4 N–H and O–H groups in total. The van der Waals surface area contributed by atoms with E-state index in [1.54, 1.807) is 13.3 Å². The van der Waals surface area contributed by atoms with E-state index in [-0.39, 0.29) is 29.7 Å². The maximum atomic E-state index is 12.2. The van der Waals surface area contributed by atoms with Gasteiger partial charge in [0.1, 0.15) is 10.8 Å². The van der Waals surface area contributed by atoms with Gasteiger partial charge in [0.2, 0.25) is 11.9 Å². The third-order valence-electron chi connectivity index (χ3n) is 8.68. The highest BCUT2D eigenvalue weighted by molar-refractivity contribution is 6.32. The van der Waals surface area contributed by atoms with E-state index in [0.29, 0.717) is 22.8 Å². The summed E-state index contributed by atoms with van der Waals surface area (Å²) in [5.74, 6) is 1.55. The number of primary amides is 1. The minimum atomic E-state index is -0.298. The number of fused-ring (bicyclic) bond motifs is 3. The van der Waals surface area contributed by atoms with Gasteiger partial charge >= 0.3 is 0 Å². The molecule has 2 heterocycles. The normalized spacial score (nSPS) is 28.5. The number of carbonyl (C=O) groups excluding carboxylic acids is 1. The Morgan fingerprint density at radius 1 is 1.18 bits per heavy atom. The molecule has 1 amide bonds. The molecule has 1 aromatic heterocycles. The lowest BCUT2D eigenvalue weighted by molar-refractivity contribution is -0.122. The number of hydrogen-bond acceptors (Lipinski definition) is 8. The number of allylic oxidation sites excluding steroid dienone is 1. The second-order valence-corrected chi connectivity index (χ2v) is 11.1. The van der Waals surface area contributed by atoms with Gasteiger partial charge in [-0.15, -0.1) is 0 Å². The fourth-order valence-corrected chi connectivity index (χ4v) is 6.95. The predicted molar refractivity (Wildman–Crippen MR) is 147 cm³/mol. The van der Waals surface area contributed by atoms with Crippen LogP contribution in [0.25, 0.3) is 0 Å². The Bertz CT molecular complexity index is 1230. The fourth-order valence-electron chi connectivity index (χ4n) is 6.81. The minimum Gasteiger partial charge on any atom is -0.494 e. The Kier molecular flexibility index (Phi) is 7.16. The van der Waals surface area contributed by atoms with Crippen molar-refractivity contribution in [3.63, 3.8) is 0 Å². The molecule has 3 aliphatic carbocycles. The van der Waals surface area contributed by atoms with Crippen molar-refractivity contribution >= 4 is 35.0 Å². The number of nitrogens with zero attached hydrogens (tertiary/aromatic N) is 3. The van der Waals surface area contributed by atoms with E-state index in [2.05, 4.69) is 43.7 Å². The van der Waals surface area contributed by atoms with Crippen LogP contribution in [0.5, 0.6) is 5.75 Å². The number of carbonyl (C=O) groups is 1. The van der Waals surface area contributed by atoms with Gasteiger partial charge in [-0.05, 0) is 61.1 Å². The van der Waals surface area contributed by atoms with Crippen LogP contribution < -0.4 is 21.1 Å². The number of nitrogens with one attached hydrogen (secondary N) is 2. The van der Waals surface area contributed by atoms with E-state index in [9.17, 15) is 4.79 Å². The van der Waals surface area contributed by atoms with Gasteiger partial charge in [0.25, 0.3) is 0 Å². The first-order valence-electron chi connectivity index (χ1n) is 13.6. The van der Waals surface area contributed by atoms with Gasteiger partial charge in [-0.2, -0.15) is 4.98 Å². The number of aryl methyl sites for hydroxylation is 1. The van der Waals surface area contributed by atoms with Crippen LogP contribution in [0.4, 0.5) is 17.5 Å². The summed E-state index contributed by atoms with van der Waals surface area (Å²) in [4.78, 5) is 23.8. The Morgan fingerprint density at radius 2 is 1.97 bits per heavy atom. The summed E-state index contributed by atoms with van der Waals surface area (Å²) < 4.78 is 11.5. The highest BCUT2D eigenvalue weighted by Crippen LogP contribution is 2.45. The van der Waals surface area contributed by atoms with E-state index in [1.807, 2.05) is 6.07 Å². The van der Waals surface area contributed by atoms with Crippen LogP contribution in [0.3, 0.4) is 0 Å². The zero-order valence-corrected chi connectivity index (χ0v) is 22.4. The summed E-state index contributed by atoms with van der Waals surface area (Å²) in [6.45, 7) is 3.66. The molecule has 6 rings (SSSR count). The van der Waals surface area contributed by atoms with Crippen molar-refractivity contribution in [2.75, 3.05) is 44.0 Å². The van der Waals surface area contributed by atoms with Crippen LogP contribution in [0.1, 0.15) is 30.4 Å². The molecule has 1 aliphatic heterocycles. The zero-order valence-electron chi connectivity index (χ0n) is 21.7. The van der Waals surface area contributed by atoms with E-state index in [0.717, 1.165) is 69.8 Å². The molecule has 0 radical (unpaired) electrons. The second kappa shape index (κ2) is 10.7. The molecular weight excluding hydrogens is 504 g/mol. The lowest BCUT2D eigenvalue weighted by Gasteiger charge is -2.34.